The fourth-order valence-electron chi connectivity index (χ4n) is 5.47. The first kappa shape index (κ1) is 23.8. The standard InChI is InChI=1S/C29H31N5O2/c1-28(2,3)34(27(35)36)29(15-7-16-29)22-12-10-20(11-13-22)24-23(19-8-5-4-6-9-19)18-21-14-17-31-26(33-30)25(21)32-24/h4-6,8-14,17-18H,7,15-16,30H2,1-3H3,(H,31,33)(H,35,36). The molecule has 7 nitrogen and oxygen atoms in total. The molecule has 36 heavy (non-hydrogen) atoms. The van der Waals surface area contributed by atoms with Gasteiger partial charge in [0.05, 0.1) is 11.2 Å². The van der Waals surface area contributed by atoms with E-state index < -0.39 is 17.2 Å². The van der Waals surface area contributed by atoms with Crippen LogP contribution in [0.4, 0.5) is 10.6 Å². The number of nitrogens with one attached hydrogen (secondary N) is 1. The summed E-state index contributed by atoms with van der Waals surface area (Å²) < 4.78 is 0. The van der Waals surface area contributed by atoms with E-state index in [4.69, 9.17) is 10.8 Å². The summed E-state index contributed by atoms with van der Waals surface area (Å²) in [6.07, 6.45) is 3.47. The van der Waals surface area contributed by atoms with Crippen molar-refractivity contribution < 1.29 is 9.90 Å². The Hall–Kier alpha value is -3.97. The number of anilines is 1. The number of nitrogen functional groups attached to an aromatic ring is 1. The summed E-state index contributed by atoms with van der Waals surface area (Å²) in [6, 6.07) is 22.4. The number of hydrazine groups is 1. The maximum absolute atomic E-state index is 12.3. The Morgan fingerprint density at radius 2 is 1.72 bits per heavy atom. The highest BCUT2D eigenvalue weighted by atomic mass is 16.4. The van der Waals surface area contributed by atoms with Crippen LogP contribution in [0.15, 0.2) is 72.9 Å². The first-order chi connectivity index (χ1) is 17.2. The smallest absolute Gasteiger partial charge is 0.408 e. The largest absolute Gasteiger partial charge is 0.465 e. The number of nitrogens with two attached hydrogens (primary N) is 1. The van der Waals surface area contributed by atoms with E-state index in [1.807, 2.05) is 57.2 Å². The average molecular weight is 482 g/mol. The molecule has 5 rings (SSSR count). The molecule has 1 saturated carbocycles. The molecule has 184 valence electrons. The highest BCUT2D eigenvalue weighted by molar-refractivity contribution is 5.96. The lowest BCUT2D eigenvalue weighted by atomic mass is 9.69. The molecule has 0 radical (unpaired) electrons. The van der Waals surface area contributed by atoms with E-state index in [1.54, 1.807) is 11.1 Å². The molecule has 1 fully saturated rings. The number of carboxylic acid groups (broad SMARTS) is 1. The fraction of sp³-hybridized carbons (Fsp3) is 0.276. The Labute approximate surface area is 211 Å². The molecule has 2 aromatic carbocycles. The third kappa shape index (κ3) is 3.95. The lowest BCUT2D eigenvalue weighted by molar-refractivity contribution is -0.0328. The number of amides is 1. The van der Waals surface area contributed by atoms with Crippen molar-refractivity contribution >= 4 is 22.8 Å². The molecule has 7 heteroatoms. The normalized spacial score (nSPS) is 14.8. The van der Waals surface area contributed by atoms with E-state index in [9.17, 15) is 9.90 Å². The van der Waals surface area contributed by atoms with Crippen LogP contribution in [0, 0.1) is 0 Å². The second kappa shape index (κ2) is 8.91. The van der Waals surface area contributed by atoms with Crippen LogP contribution < -0.4 is 11.3 Å². The molecule has 1 aliphatic carbocycles. The third-order valence-electron chi connectivity index (χ3n) is 7.12. The highest BCUT2D eigenvalue weighted by Gasteiger charge is 2.50. The highest BCUT2D eigenvalue weighted by Crippen LogP contribution is 2.49. The van der Waals surface area contributed by atoms with Gasteiger partial charge in [-0.1, -0.05) is 54.6 Å². The van der Waals surface area contributed by atoms with Gasteiger partial charge in [0.2, 0.25) is 0 Å². The van der Waals surface area contributed by atoms with Crippen molar-refractivity contribution in [2.75, 3.05) is 5.43 Å². The molecule has 4 aromatic rings. The molecule has 1 amide bonds. The lowest BCUT2D eigenvalue weighted by Gasteiger charge is -2.54. The molecular formula is C29H31N5O2. The Kier molecular flexibility index (Phi) is 5.88. The van der Waals surface area contributed by atoms with Crippen molar-refractivity contribution in [2.24, 2.45) is 5.84 Å². The quantitative estimate of drug-likeness (QED) is 0.225. The Balaban J connectivity index is 1.65. The van der Waals surface area contributed by atoms with Crippen molar-refractivity contribution in [3.8, 4) is 22.4 Å². The molecule has 2 heterocycles. The molecule has 0 aliphatic heterocycles. The van der Waals surface area contributed by atoms with Gasteiger partial charge in [0.15, 0.2) is 5.82 Å². The minimum atomic E-state index is -0.886. The van der Waals surface area contributed by atoms with Gasteiger partial charge in [-0.2, -0.15) is 0 Å². The number of benzene rings is 2. The summed E-state index contributed by atoms with van der Waals surface area (Å²) in [6.45, 7) is 5.87. The second-order valence-electron chi connectivity index (χ2n) is 10.4. The van der Waals surface area contributed by atoms with Gasteiger partial charge in [-0.25, -0.2) is 20.6 Å². The zero-order chi connectivity index (χ0) is 25.5. The second-order valence-corrected chi connectivity index (χ2v) is 10.4. The summed E-state index contributed by atoms with van der Waals surface area (Å²) in [7, 11) is 0. The number of carbonyl (C=O) groups is 1. The van der Waals surface area contributed by atoms with Crippen molar-refractivity contribution in [3.63, 3.8) is 0 Å². The van der Waals surface area contributed by atoms with Crippen molar-refractivity contribution in [3.05, 3.63) is 78.5 Å². The number of fused-ring (bicyclic) bond motifs is 1. The predicted molar refractivity (Wildman–Crippen MR) is 143 cm³/mol. The lowest BCUT2D eigenvalue weighted by Crippen LogP contribution is -2.60. The molecule has 0 bridgehead atoms. The van der Waals surface area contributed by atoms with E-state index in [0.29, 0.717) is 11.3 Å². The van der Waals surface area contributed by atoms with Crippen molar-refractivity contribution in [2.45, 2.75) is 51.1 Å². The number of nitrogens with zero attached hydrogens (tertiary/aromatic N) is 3. The van der Waals surface area contributed by atoms with Gasteiger partial charge in [0, 0.05) is 28.2 Å². The average Bonchev–Trinajstić information content (AvgIpc) is 2.84. The molecule has 0 unspecified atom stereocenters. The molecule has 0 spiro atoms. The summed E-state index contributed by atoms with van der Waals surface area (Å²) in [5.74, 6) is 6.24. The van der Waals surface area contributed by atoms with Gasteiger partial charge >= 0.3 is 6.09 Å². The number of rotatable bonds is 5. The zero-order valence-corrected chi connectivity index (χ0v) is 20.8. The van der Waals surface area contributed by atoms with Gasteiger partial charge < -0.3 is 10.5 Å². The van der Waals surface area contributed by atoms with E-state index in [0.717, 1.165) is 52.6 Å². The number of aromatic nitrogens is 2. The fourth-order valence-corrected chi connectivity index (χ4v) is 5.47. The van der Waals surface area contributed by atoms with Gasteiger partial charge in [0.1, 0.15) is 5.52 Å². The first-order valence-corrected chi connectivity index (χ1v) is 12.2. The van der Waals surface area contributed by atoms with Gasteiger partial charge in [-0.15, -0.1) is 0 Å². The Bertz CT molecular complexity index is 1410. The van der Waals surface area contributed by atoms with Crippen LogP contribution in [-0.4, -0.2) is 31.6 Å². The molecular weight excluding hydrogens is 450 g/mol. The van der Waals surface area contributed by atoms with E-state index >= 15 is 0 Å². The van der Waals surface area contributed by atoms with Crippen LogP contribution in [0.1, 0.15) is 45.6 Å². The van der Waals surface area contributed by atoms with Gasteiger partial charge in [-0.3, -0.25) is 4.90 Å². The Morgan fingerprint density at radius 3 is 2.28 bits per heavy atom. The van der Waals surface area contributed by atoms with Crippen molar-refractivity contribution in [1.82, 2.24) is 14.9 Å². The first-order valence-electron chi connectivity index (χ1n) is 12.2. The van der Waals surface area contributed by atoms with Gasteiger partial charge in [0.25, 0.3) is 0 Å². The summed E-state index contributed by atoms with van der Waals surface area (Å²) in [4.78, 5) is 23.3. The summed E-state index contributed by atoms with van der Waals surface area (Å²) >= 11 is 0. The monoisotopic (exact) mass is 481 g/mol. The summed E-state index contributed by atoms with van der Waals surface area (Å²) in [5, 5.41) is 11.0. The number of pyridine rings is 2. The molecule has 2 aromatic heterocycles. The van der Waals surface area contributed by atoms with Crippen LogP contribution in [0.5, 0.6) is 0 Å². The van der Waals surface area contributed by atoms with Crippen LogP contribution in [0.3, 0.4) is 0 Å². The van der Waals surface area contributed by atoms with Crippen LogP contribution >= 0.6 is 0 Å². The minimum absolute atomic E-state index is 0.510. The maximum Gasteiger partial charge on any atom is 0.408 e. The minimum Gasteiger partial charge on any atom is -0.465 e. The van der Waals surface area contributed by atoms with Crippen LogP contribution in [0.25, 0.3) is 33.3 Å². The summed E-state index contributed by atoms with van der Waals surface area (Å²) in [5.41, 5.74) is 7.17. The van der Waals surface area contributed by atoms with Crippen LogP contribution in [-0.2, 0) is 5.54 Å². The topological polar surface area (TPSA) is 104 Å². The SMILES string of the molecule is CC(C)(C)N(C(=O)O)C1(c2ccc(-c3nc4c(NN)nccc4cc3-c3ccccc3)cc2)CCC1. The molecule has 4 N–H and O–H groups in total. The Morgan fingerprint density at radius 1 is 1.03 bits per heavy atom. The molecule has 0 saturated heterocycles. The van der Waals surface area contributed by atoms with Gasteiger partial charge in [-0.05, 0) is 63.3 Å². The van der Waals surface area contributed by atoms with E-state index in [-0.39, 0.29) is 0 Å². The third-order valence-corrected chi connectivity index (χ3v) is 7.12. The maximum atomic E-state index is 12.3. The van der Waals surface area contributed by atoms with Crippen molar-refractivity contribution in [1.29, 1.82) is 0 Å². The van der Waals surface area contributed by atoms with Crippen LogP contribution in [0.2, 0.25) is 0 Å². The number of hydrogen-bond donors (Lipinski definition) is 3. The predicted octanol–water partition coefficient (Wildman–Crippen LogP) is 6.41. The molecule has 0 atom stereocenters. The molecule has 1 aliphatic rings. The van der Waals surface area contributed by atoms with E-state index in [1.165, 1.54) is 0 Å². The van der Waals surface area contributed by atoms with E-state index in [2.05, 4.69) is 40.7 Å². The number of hydrogen-bond acceptors (Lipinski definition) is 5. The zero-order valence-electron chi connectivity index (χ0n) is 20.8.